The van der Waals surface area contributed by atoms with Crippen LogP contribution in [0.25, 0.3) is 0 Å². The molecule has 1 aliphatic carbocycles. The zero-order valence-electron chi connectivity index (χ0n) is 16.3. The first-order chi connectivity index (χ1) is 15.6. The molecule has 3 aromatic rings. The maximum atomic E-state index is 12.9. The Kier molecular flexibility index (Phi) is 6.97. The summed E-state index contributed by atoms with van der Waals surface area (Å²) in [6, 6.07) is 9.38. The maximum Gasteiger partial charge on any atom is 0.257 e. The number of benzene rings is 2. The number of anilines is 2. The standard InChI is InChI=1S/C21H12Cl6N4O2/c22-10-3-9(4-11(23)5-10)16-17(21(16,26)27)19(33)30-12-1-2-15(24)14(6-12)18(32)31-13-7-28-20(25)29-8-13/h1-8,16-17H,(H,30,33)(H,31,32). The summed E-state index contributed by atoms with van der Waals surface area (Å²) in [4.78, 5) is 33.2. The van der Waals surface area contributed by atoms with E-state index in [1.165, 1.54) is 24.5 Å². The minimum atomic E-state index is -1.33. The summed E-state index contributed by atoms with van der Waals surface area (Å²) < 4.78 is -1.33. The highest BCUT2D eigenvalue weighted by Crippen LogP contribution is 2.65. The zero-order chi connectivity index (χ0) is 23.9. The van der Waals surface area contributed by atoms with Crippen LogP contribution < -0.4 is 10.6 Å². The summed E-state index contributed by atoms with van der Waals surface area (Å²) in [5, 5.41) is 6.38. The van der Waals surface area contributed by atoms with E-state index >= 15 is 0 Å². The Morgan fingerprint density at radius 1 is 0.848 bits per heavy atom. The van der Waals surface area contributed by atoms with Gasteiger partial charge >= 0.3 is 0 Å². The molecule has 1 saturated carbocycles. The molecule has 12 heteroatoms. The molecule has 2 amide bonds. The van der Waals surface area contributed by atoms with Gasteiger partial charge < -0.3 is 10.6 Å². The van der Waals surface area contributed by atoms with Crippen LogP contribution in [-0.2, 0) is 4.79 Å². The molecule has 1 fully saturated rings. The summed E-state index contributed by atoms with van der Waals surface area (Å²) in [5.41, 5.74) is 1.44. The number of carbonyl (C=O) groups is 2. The Labute approximate surface area is 218 Å². The van der Waals surface area contributed by atoms with E-state index in [4.69, 9.17) is 69.6 Å². The molecule has 0 bridgehead atoms. The van der Waals surface area contributed by atoms with Crippen molar-refractivity contribution in [2.24, 2.45) is 5.92 Å². The van der Waals surface area contributed by atoms with Gasteiger partial charge in [-0.3, -0.25) is 9.59 Å². The fraction of sp³-hybridized carbons (Fsp3) is 0.143. The van der Waals surface area contributed by atoms with Gasteiger partial charge in [-0.25, -0.2) is 9.97 Å². The molecule has 170 valence electrons. The molecular weight excluding hydrogens is 553 g/mol. The van der Waals surface area contributed by atoms with Gasteiger partial charge in [0.1, 0.15) is 4.33 Å². The molecule has 0 saturated heterocycles. The lowest BCUT2D eigenvalue weighted by molar-refractivity contribution is -0.117. The van der Waals surface area contributed by atoms with Crippen LogP contribution in [0.15, 0.2) is 48.8 Å². The summed E-state index contributed by atoms with van der Waals surface area (Å²) in [7, 11) is 0. The predicted molar refractivity (Wildman–Crippen MR) is 132 cm³/mol. The Hall–Kier alpha value is -1.80. The van der Waals surface area contributed by atoms with Crippen molar-refractivity contribution < 1.29 is 9.59 Å². The Morgan fingerprint density at radius 2 is 1.48 bits per heavy atom. The summed E-state index contributed by atoms with van der Waals surface area (Å²) in [5.74, 6) is -2.21. The van der Waals surface area contributed by atoms with Crippen LogP contribution in [0.5, 0.6) is 0 Å². The summed E-state index contributed by atoms with van der Waals surface area (Å²) >= 11 is 36.7. The highest BCUT2D eigenvalue weighted by atomic mass is 35.5. The summed E-state index contributed by atoms with van der Waals surface area (Å²) in [6.45, 7) is 0. The maximum absolute atomic E-state index is 12.9. The minimum Gasteiger partial charge on any atom is -0.326 e. The Bertz CT molecular complexity index is 1230. The van der Waals surface area contributed by atoms with Gasteiger partial charge in [0.25, 0.3) is 5.91 Å². The molecule has 2 aromatic carbocycles. The van der Waals surface area contributed by atoms with Gasteiger partial charge in [-0.05, 0) is 53.6 Å². The second kappa shape index (κ2) is 9.45. The molecule has 1 aromatic heterocycles. The van der Waals surface area contributed by atoms with E-state index in [9.17, 15) is 9.59 Å². The lowest BCUT2D eigenvalue weighted by atomic mass is 10.1. The number of hydrogen-bond acceptors (Lipinski definition) is 4. The van der Waals surface area contributed by atoms with E-state index < -0.39 is 28.0 Å². The molecule has 1 heterocycles. The van der Waals surface area contributed by atoms with E-state index in [1.807, 2.05) is 0 Å². The zero-order valence-corrected chi connectivity index (χ0v) is 20.8. The van der Waals surface area contributed by atoms with Crippen LogP contribution in [-0.4, -0.2) is 26.1 Å². The van der Waals surface area contributed by atoms with Crippen molar-refractivity contribution in [3.63, 3.8) is 0 Å². The van der Waals surface area contributed by atoms with Crippen molar-refractivity contribution in [3.8, 4) is 0 Å². The lowest BCUT2D eigenvalue weighted by Crippen LogP contribution is -2.18. The normalized spacial score (nSPS) is 18.5. The average molecular weight is 565 g/mol. The van der Waals surface area contributed by atoms with Crippen LogP contribution in [0.3, 0.4) is 0 Å². The molecule has 2 atom stereocenters. The van der Waals surface area contributed by atoms with Crippen LogP contribution >= 0.6 is 69.6 Å². The number of aromatic nitrogens is 2. The first-order valence-corrected chi connectivity index (χ1v) is 11.6. The third-order valence-electron chi connectivity index (χ3n) is 4.94. The highest BCUT2D eigenvalue weighted by Gasteiger charge is 2.67. The van der Waals surface area contributed by atoms with E-state index in [0.29, 0.717) is 27.0 Å². The molecule has 4 rings (SSSR count). The SMILES string of the molecule is O=C(Nc1cnc(Cl)nc1)c1cc(NC(=O)C2C(c3cc(Cl)cc(Cl)c3)C2(Cl)Cl)ccc1Cl. The van der Waals surface area contributed by atoms with Crippen LogP contribution in [0.1, 0.15) is 21.8 Å². The first-order valence-electron chi connectivity index (χ1n) is 9.29. The number of nitrogens with zero attached hydrogens (tertiary/aromatic N) is 2. The van der Waals surface area contributed by atoms with Crippen molar-refractivity contribution in [2.45, 2.75) is 10.3 Å². The monoisotopic (exact) mass is 562 g/mol. The second-order valence-corrected chi connectivity index (χ2v) is 10.3. The van der Waals surface area contributed by atoms with Crippen LogP contribution in [0, 0.1) is 5.92 Å². The van der Waals surface area contributed by atoms with Crippen molar-refractivity contribution >= 4 is 92.8 Å². The smallest absolute Gasteiger partial charge is 0.257 e. The van der Waals surface area contributed by atoms with E-state index in [2.05, 4.69) is 20.6 Å². The van der Waals surface area contributed by atoms with Crippen molar-refractivity contribution in [1.29, 1.82) is 0 Å². The number of amides is 2. The fourth-order valence-corrected chi connectivity index (χ4v) is 5.07. The van der Waals surface area contributed by atoms with Gasteiger partial charge in [0.2, 0.25) is 11.2 Å². The van der Waals surface area contributed by atoms with Crippen LogP contribution in [0.4, 0.5) is 11.4 Å². The highest BCUT2D eigenvalue weighted by molar-refractivity contribution is 6.53. The van der Waals surface area contributed by atoms with Crippen molar-refractivity contribution in [1.82, 2.24) is 9.97 Å². The number of rotatable bonds is 5. The molecule has 0 aliphatic heterocycles. The molecule has 33 heavy (non-hydrogen) atoms. The number of carbonyl (C=O) groups excluding carboxylic acids is 2. The predicted octanol–water partition coefficient (Wildman–Crippen LogP) is 6.87. The van der Waals surface area contributed by atoms with Crippen LogP contribution in [0.2, 0.25) is 20.4 Å². The quantitative estimate of drug-likeness (QED) is 0.262. The minimum absolute atomic E-state index is 0.0452. The second-order valence-electron chi connectivity index (χ2n) is 7.21. The third kappa shape index (κ3) is 5.32. The number of halogens is 6. The largest absolute Gasteiger partial charge is 0.326 e. The van der Waals surface area contributed by atoms with Gasteiger partial charge in [-0.2, -0.15) is 0 Å². The van der Waals surface area contributed by atoms with Gasteiger partial charge in [0.05, 0.1) is 34.6 Å². The molecule has 1 aliphatic rings. The number of nitrogens with one attached hydrogen (secondary N) is 2. The molecule has 0 spiro atoms. The topological polar surface area (TPSA) is 84.0 Å². The number of alkyl halides is 2. The lowest BCUT2D eigenvalue weighted by Gasteiger charge is -2.10. The molecule has 2 N–H and O–H groups in total. The van der Waals surface area contributed by atoms with Gasteiger partial charge in [0.15, 0.2) is 0 Å². The summed E-state index contributed by atoms with van der Waals surface area (Å²) in [6.07, 6.45) is 2.70. The Morgan fingerprint density at radius 3 is 2.12 bits per heavy atom. The third-order valence-corrected chi connectivity index (χ3v) is 6.84. The molecule has 2 unspecified atom stereocenters. The van der Waals surface area contributed by atoms with Gasteiger partial charge in [0, 0.05) is 21.7 Å². The van der Waals surface area contributed by atoms with E-state index in [1.54, 1.807) is 24.3 Å². The molecule has 0 radical (unpaired) electrons. The average Bonchev–Trinajstić information content (AvgIpc) is 3.32. The number of hydrogen-bond donors (Lipinski definition) is 2. The van der Waals surface area contributed by atoms with Gasteiger partial charge in [-0.15, -0.1) is 23.2 Å². The van der Waals surface area contributed by atoms with Crippen molar-refractivity contribution in [3.05, 3.63) is 80.3 Å². The molecular formula is C21H12Cl6N4O2. The van der Waals surface area contributed by atoms with Gasteiger partial charge in [-0.1, -0.05) is 34.8 Å². The fourth-order valence-electron chi connectivity index (χ4n) is 3.39. The first kappa shape index (κ1) is 24.3. The van der Waals surface area contributed by atoms with E-state index in [-0.39, 0.29) is 15.9 Å². The Balaban J connectivity index is 1.50. The van der Waals surface area contributed by atoms with E-state index in [0.717, 1.165) is 0 Å². The van der Waals surface area contributed by atoms with Crippen molar-refractivity contribution in [2.75, 3.05) is 10.6 Å². The molecule has 6 nitrogen and oxygen atoms in total.